The van der Waals surface area contributed by atoms with E-state index < -0.39 is 64.4 Å². The highest BCUT2D eigenvalue weighted by Crippen LogP contribution is 2.62. The molecule has 0 bridgehead atoms. The number of hydrogen-bond donors (Lipinski definition) is 0. The van der Waals surface area contributed by atoms with Crippen LogP contribution in [0.5, 0.6) is 5.88 Å². The van der Waals surface area contributed by atoms with Gasteiger partial charge < -0.3 is 9.30 Å². The number of hydrogen-bond acceptors (Lipinski definition) is 2. The van der Waals surface area contributed by atoms with Gasteiger partial charge in [-0.2, -0.15) is 65.9 Å². The zero-order chi connectivity index (χ0) is 27.5. The average Bonchev–Trinajstić information content (AvgIpc) is 3.05. The summed E-state index contributed by atoms with van der Waals surface area (Å²) in [5.41, 5.74) is -1.34. The summed E-state index contributed by atoms with van der Waals surface area (Å²) in [6.45, 7) is 0. The number of rotatable bonds is 8. The van der Waals surface area contributed by atoms with E-state index in [1.54, 1.807) is 0 Å². The van der Waals surface area contributed by atoms with Gasteiger partial charge in [-0.1, -0.05) is 5.21 Å². The van der Waals surface area contributed by atoms with Crippen LogP contribution in [-0.2, 0) is 12.3 Å². The number of carbonyl (C=O) groups excluding carboxylic acids is 1. The fourth-order valence-electron chi connectivity index (χ4n) is 2.23. The van der Waals surface area contributed by atoms with E-state index in [9.17, 15) is 75.9 Å². The third-order valence-electron chi connectivity index (χ3n) is 4.25. The maximum absolute atomic E-state index is 13.8. The minimum absolute atomic E-state index is 0.367. The van der Waals surface area contributed by atoms with Crippen LogP contribution in [0.4, 0.5) is 65.9 Å². The number of carbonyl (C=O) groups is 1. The van der Waals surface area contributed by atoms with Gasteiger partial charge in [-0.3, -0.25) is 4.79 Å². The van der Waals surface area contributed by atoms with E-state index in [0.29, 0.717) is 10.6 Å². The van der Waals surface area contributed by atoms with Crippen LogP contribution in [-0.4, -0.2) is 64.5 Å². The highest BCUT2D eigenvalue weighted by molar-refractivity contribution is 5.92. The second kappa shape index (κ2) is 8.01. The predicted octanol–water partition coefficient (Wildman–Crippen LogP) is 5.15. The maximum Gasteiger partial charge on any atom is 0.460 e. The Morgan fingerprint density at radius 2 is 1.12 bits per heavy atom. The molecule has 0 aliphatic rings. The van der Waals surface area contributed by atoms with Crippen LogP contribution < -0.4 is 4.74 Å². The summed E-state index contributed by atoms with van der Waals surface area (Å²) in [5, 5.41) is 8.56. The lowest BCUT2D eigenvalue weighted by Crippen LogP contribution is -2.74. The van der Waals surface area contributed by atoms with Crippen molar-refractivity contribution in [1.29, 1.82) is 0 Å². The van der Waals surface area contributed by atoms with Gasteiger partial charge in [0.2, 0.25) is 0 Å². The Kier molecular flexibility index (Phi) is 6.95. The lowest BCUT2D eigenvalue weighted by Gasteiger charge is -2.41. The van der Waals surface area contributed by atoms with Crippen molar-refractivity contribution in [3.05, 3.63) is 17.8 Å². The van der Waals surface area contributed by atoms with Crippen LogP contribution in [0, 0.1) is 0 Å². The van der Waals surface area contributed by atoms with E-state index in [-0.39, 0.29) is 0 Å². The summed E-state index contributed by atoms with van der Waals surface area (Å²) in [6.07, 6.45) is -7.75. The molecule has 0 aliphatic carbocycles. The number of methoxy groups -OCH3 is 1. The summed E-state index contributed by atoms with van der Waals surface area (Å²) in [4.78, 5) is 11.7. The molecule has 0 aromatic carbocycles. The quantitative estimate of drug-likeness (QED) is 0.262. The van der Waals surface area contributed by atoms with Gasteiger partial charge >= 0.3 is 47.7 Å². The second-order valence-electron chi connectivity index (χ2n) is 6.33. The number of aromatic nitrogens is 1. The van der Waals surface area contributed by atoms with Gasteiger partial charge in [0.15, 0.2) is 5.88 Å². The van der Waals surface area contributed by atoms with Gasteiger partial charge in [0.1, 0.15) is 5.69 Å². The summed E-state index contributed by atoms with van der Waals surface area (Å²) in [7, 11) is 1.64. The lowest BCUT2D eigenvalue weighted by molar-refractivity contribution is -0.471. The van der Waals surface area contributed by atoms with Crippen molar-refractivity contribution in [2.75, 3.05) is 7.11 Å². The van der Waals surface area contributed by atoms with E-state index in [1.807, 2.05) is 0 Å². The highest BCUT2D eigenvalue weighted by atomic mass is 19.4. The van der Waals surface area contributed by atoms with Gasteiger partial charge in [-0.25, -0.2) is 0 Å². The van der Waals surface area contributed by atoms with Gasteiger partial charge in [-0.15, -0.1) is 5.06 Å². The van der Waals surface area contributed by atoms with Gasteiger partial charge in [0.05, 0.1) is 7.11 Å². The molecule has 1 rings (SSSR count). The number of nitrogens with zero attached hydrogens (tertiary/aromatic N) is 2. The molecule has 1 radical (unpaired) electrons. The normalized spacial score (nSPS) is 14.9. The molecule has 1 aromatic heterocycles. The molecular weight excluding hydrogens is 529 g/mol. The molecule has 1 aromatic rings. The number of amides is 1. The van der Waals surface area contributed by atoms with Crippen molar-refractivity contribution in [2.24, 2.45) is 7.05 Å². The van der Waals surface area contributed by atoms with Crippen LogP contribution in [0.1, 0.15) is 10.5 Å². The molecular formula is C14H8F15N2O3. The van der Waals surface area contributed by atoms with Crippen LogP contribution in [0.25, 0.3) is 0 Å². The smallest absolute Gasteiger partial charge is 0.460 e. The summed E-state index contributed by atoms with van der Waals surface area (Å²) >= 11 is 0. The lowest BCUT2D eigenvalue weighted by atomic mass is 9.93. The van der Waals surface area contributed by atoms with Gasteiger partial charge in [0.25, 0.3) is 0 Å². The zero-order valence-electron chi connectivity index (χ0n) is 15.9. The molecule has 5 nitrogen and oxygen atoms in total. The first kappa shape index (κ1) is 29.5. The van der Waals surface area contributed by atoms with Crippen molar-refractivity contribution in [3.63, 3.8) is 0 Å². The summed E-state index contributed by atoms with van der Waals surface area (Å²) in [5.74, 6) is -45.1. The van der Waals surface area contributed by atoms with Crippen molar-refractivity contribution >= 4 is 5.91 Å². The molecule has 0 saturated heterocycles. The summed E-state index contributed by atoms with van der Waals surface area (Å²) in [6, 6.07) is -6.29. The first-order valence-electron chi connectivity index (χ1n) is 7.84. The fourth-order valence-corrected chi connectivity index (χ4v) is 2.23. The van der Waals surface area contributed by atoms with Crippen LogP contribution in [0.15, 0.2) is 12.1 Å². The van der Waals surface area contributed by atoms with Gasteiger partial charge in [0, 0.05) is 13.1 Å². The first-order valence-corrected chi connectivity index (χ1v) is 7.84. The Hall–Kier alpha value is -2.54. The van der Waals surface area contributed by atoms with Crippen molar-refractivity contribution < 1.29 is 80.6 Å². The standard InChI is InChI=1S/C14H8F15N2O3/c1-30-5(3-4-6(30)34-2)7(32)31(33)14(28,29)12(23,24)10(19,20)8(15,16)9(17,18)11(21,22)13(25,26)27/h3-4H,1-2H3. The molecule has 0 fully saturated rings. The number of halogens is 15. The Morgan fingerprint density at radius 3 is 1.47 bits per heavy atom. The maximum atomic E-state index is 13.8. The molecule has 0 aliphatic heterocycles. The average molecular weight is 537 g/mol. The number of alkyl halides is 15. The van der Waals surface area contributed by atoms with E-state index in [1.165, 1.54) is 0 Å². The molecule has 197 valence electrons. The van der Waals surface area contributed by atoms with Crippen molar-refractivity contribution in [3.8, 4) is 5.88 Å². The van der Waals surface area contributed by atoms with Crippen molar-refractivity contribution in [2.45, 2.75) is 41.8 Å². The third kappa shape index (κ3) is 3.69. The fraction of sp³-hybridized carbons (Fsp3) is 0.643. The summed E-state index contributed by atoms with van der Waals surface area (Å²) < 4.78 is 202. The van der Waals surface area contributed by atoms with E-state index in [0.717, 1.165) is 20.2 Å². The predicted molar refractivity (Wildman–Crippen MR) is 74.6 cm³/mol. The number of hydroxylamine groups is 2. The minimum atomic E-state index is -8.57. The molecule has 0 unspecified atom stereocenters. The molecule has 0 N–H and O–H groups in total. The first-order chi connectivity index (χ1) is 14.8. The topological polar surface area (TPSA) is 54.4 Å². The van der Waals surface area contributed by atoms with Crippen LogP contribution in [0.3, 0.4) is 0 Å². The zero-order valence-corrected chi connectivity index (χ0v) is 15.9. The molecule has 20 heteroatoms. The Bertz CT molecular complexity index is 922. The highest BCUT2D eigenvalue weighted by Gasteiger charge is 2.94. The molecule has 0 saturated carbocycles. The third-order valence-corrected chi connectivity index (χ3v) is 4.25. The number of ether oxygens (including phenoxy) is 1. The van der Waals surface area contributed by atoms with Crippen LogP contribution in [0.2, 0.25) is 0 Å². The minimum Gasteiger partial charge on any atom is -0.482 e. The Balaban J connectivity index is 3.59. The molecule has 0 atom stereocenters. The Morgan fingerprint density at radius 1 is 0.735 bits per heavy atom. The van der Waals surface area contributed by atoms with Gasteiger partial charge in [-0.05, 0) is 6.07 Å². The molecule has 1 heterocycles. The molecule has 0 spiro atoms. The Labute approximate surface area is 177 Å². The SMILES string of the molecule is COc1ccc(C(=O)N([O])C(F)(F)C(F)(F)C(F)(F)C(F)(F)C(F)(F)C(F)(F)C(F)(F)F)n1C. The monoisotopic (exact) mass is 537 g/mol. The van der Waals surface area contributed by atoms with Crippen LogP contribution >= 0.6 is 0 Å². The van der Waals surface area contributed by atoms with E-state index >= 15 is 0 Å². The largest absolute Gasteiger partial charge is 0.482 e. The van der Waals surface area contributed by atoms with E-state index in [2.05, 4.69) is 4.74 Å². The molecule has 1 amide bonds. The van der Waals surface area contributed by atoms with E-state index in [4.69, 9.17) is 0 Å². The van der Waals surface area contributed by atoms with Crippen molar-refractivity contribution in [1.82, 2.24) is 9.63 Å². The second-order valence-corrected chi connectivity index (χ2v) is 6.33. The molecule has 34 heavy (non-hydrogen) atoms.